The van der Waals surface area contributed by atoms with E-state index in [1.807, 2.05) is 66.7 Å². The van der Waals surface area contributed by atoms with E-state index in [2.05, 4.69) is 4.74 Å². The molecule has 0 saturated carbocycles. The molecule has 1 aliphatic rings. The first-order valence-electron chi connectivity index (χ1n) is 14.0. The second kappa shape index (κ2) is 14.1. The third-order valence-electron chi connectivity index (χ3n) is 7.12. The summed E-state index contributed by atoms with van der Waals surface area (Å²) in [6.45, 7) is -0.300. The van der Waals surface area contributed by atoms with E-state index in [-0.39, 0.29) is 5.56 Å². The number of halogens is 3. The molecule has 0 fully saturated rings. The molecule has 1 heterocycles. The third kappa shape index (κ3) is 7.86. The van der Waals surface area contributed by atoms with Gasteiger partial charge in [-0.25, -0.2) is 4.79 Å². The molecule has 0 spiro atoms. The van der Waals surface area contributed by atoms with Crippen molar-refractivity contribution in [1.82, 2.24) is 4.90 Å². The number of aryl methyl sites for hydroxylation is 1. The van der Waals surface area contributed by atoms with Crippen molar-refractivity contribution in [2.24, 2.45) is 5.73 Å². The Morgan fingerprint density at radius 1 is 0.884 bits per heavy atom. The first kappa shape index (κ1) is 31.4. The molecule has 2 N–H and O–H groups in total. The Bertz CT molecular complexity index is 1410. The number of esters is 2. The number of unbranched alkanes of at least 4 members (excludes halogenated alkanes) is 2. The van der Waals surface area contributed by atoms with Crippen molar-refractivity contribution in [1.29, 1.82) is 0 Å². The molecule has 3 aromatic rings. The zero-order valence-corrected chi connectivity index (χ0v) is 23.4. The van der Waals surface area contributed by atoms with Crippen LogP contribution in [0.5, 0.6) is 0 Å². The zero-order valence-electron chi connectivity index (χ0n) is 23.4. The van der Waals surface area contributed by atoms with Crippen molar-refractivity contribution in [2.45, 2.75) is 44.3 Å². The van der Waals surface area contributed by atoms with E-state index in [1.54, 1.807) is 17.0 Å². The van der Waals surface area contributed by atoms with Crippen LogP contribution in [0.3, 0.4) is 0 Å². The predicted molar refractivity (Wildman–Crippen MR) is 153 cm³/mol. The fourth-order valence-electron chi connectivity index (χ4n) is 5.05. The number of alkyl halides is 3. The normalized spacial score (nSPS) is 13.6. The van der Waals surface area contributed by atoms with E-state index in [0.717, 1.165) is 40.9 Å². The molecule has 0 unspecified atom stereocenters. The summed E-state index contributed by atoms with van der Waals surface area (Å²) in [6, 6.07) is 23.4. The number of amides is 2. The summed E-state index contributed by atoms with van der Waals surface area (Å²) in [5.41, 5.74) is 8.66. The highest BCUT2D eigenvalue weighted by Gasteiger charge is 2.43. The maximum Gasteiger partial charge on any atom is 0.491 e. The van der Waals surface area contributed by atoms with Crippen molar-refractivity contribution >= 4 is 29.4 Å². The highest BCUT2D eigenvalue weighted by Crippen LogP contribution is 2.37. The molecule has 3 aromatic carbocycles. The average molecular weight is 596 g/mol. The number of hydrogen-bond donors (Lipinski definition) is 1. The molecule has 0 radical (unpaired) electrons. The summed E-state index contributed by atoms with van der Waals surface area (Å²) in [7, 11) is 0. The molecular weight excluding hydrogens is 563 g/mol. The molecule has 0 aliphatic carbocycles. The molecule has 1 aliphatic heterocycles. The third-order valence-corrected chi connectivity index (χ3v) is 7.12. The number of benzene rings is 3. The molecule has 8 nitrogen and oxygen atoms in total. The Balaban J connectivity index is 1.72. The van der Waals surface area contributed by atoms with Crippen LogP contribution in [0.1, 0.15) is 58.8 Å². The van der Waals surface area contributed by atoms with Crippen LogP contribution < -0.4 is 10.6 Å². The van der Waals surface area contributed by atoms with Gasteiger partial charge in [0, 0.05) is 6.54 Å². The lowest BCUT2D eigenvalue weighted by Gasteiger charge is -2.33. The number of nitrogens with zero attached hydrogens (tertiary/aromatic N) is 2. The van der Waals surface area contributed by atoms with Crippen LogP contribution in [0, 0.1) is 0 Å². The lowest BCUT2D eigenvalue weighted by molar-refractivity contribution is -0.201. The van der Waals surface area contributed by atoms with Crippen LogP contribution in [0.25, 0.3) is 0 Å². The van der Waals surface area contributed by atoms with Crippen LogP contribution in [0.4, 0.5) is 18.9 Å². The summed E-state index contributed by atoms with van der Waals surface area (Å²) in [5.74, 6) is -5.12. The van der Waals surface area contributed by atoms with Crippen molar-refractivity contribution in [3.05, 3.63) is 101 Å². The van der Waals surface area contributed by atoms with Gasteiger partial charge in [0.25, 0.3) is 5.91 Å². The largest absolute Gasteiger partial charge is 0.491 e. The number of fused-ring (bicyclic) bond motifs is 1. The molecule has 4 rings (SSSR count). The molecular formula is C32H32F3N3O5. The zero-order chi connectivity index (χ0) is 31.0. The number of anilines is 1. The first-order chi connectivity index (χ1) is 20.6. The van der Waals surface area contributed by atoms with Crippen molar-refractivity contribution in [3.63, 3.8) is 0 Å². The van der Waals surface area contributed by atoms with E-state index in [1.165, 1.54) is 0 Å². The summed E-state index contributed by atoms with van der Waals surface area (Å²) in [6.07, 6.45) is -2.78. The molecule has 0 atom stereocenters. The van der Waals surface area contributed by atoms with Crippen molar-refractivity contribution in [3.8, 4) is 0 Å². The molecule has 226 valence electrons. The number of hydrogen-bond acceptors (Lipinski definition) is 6. The fraction of sp³-hybridized carbons (Fsp3) is 0.312. The van der Waals surface area contributed by atoms with E-state index in [4.69, 9.17) is 5.73 Å². The summed E-state index contributed by atoms with van der Waals surface area (Å²) < 4.78 is 41.6. The van der Waals surface area contributed by atoms with Gasteiger partial charge in [0.15, 0.2) is 0 Å². The second-order valence-corrected chi connectivity index (χ2v) is 10.2. The highest BCUT2D eigenvalue weighted by atomic mass is 19.4. The smallest absolute Gasteiger partial charge is 0.386 e. The van der Waals surface area contributed by atoms with E-state index >= 15 is 0 Å². The van der Waals surface area contributed by atoms with E-state index in [9.17, 15) is 32.3 Å². The van der Waals surface area contributed by atoms with Gasteiger partial charge < -0.3 is 15.4 Å². The minimum atomic E-state index is -5.34. The minimum absolute atomic E-state index is 0.221. The Kier molecular flexibility index (Phi) is 10.3. The minimum Gasteiger partial charge on any atom is -0.386 e. The Morgan fingerprint density at radius 2 is 1.51 bits per heavy atom. The lowest BCUT2D eigenvalue weighted by atomic mass is 9.95. The van der Waals surface area contributed by atoms with Gasteiger partial charge in [-0.05, 0) is 54.6 Å². The standard InChI is InChI=1S/C32H32F3N3O5/c33-32(34,35)31(42)43-28(40)17-19-37-21-27(39)38(29(23-11-5-1-6-12-23)24-13-7-2-8-14-24)26-16-15-22(10-4-3-9-18-36)20-25(26)30(37)41/h1-2,5-8,11-16,20,29H,3-4,9-10,17-19,21,36H2. The van der Waals surface area contributed by atoms with Crippen molar-refractivity contribution in [2.75, 3.05) is 24.5 Å². The molecule has 11 heteroatoms. The number of nitrogens with two attached hydrogens (primary N) is 1. The fourth-order valence-corrected chi connectivity index (χ4v) is 5.05. The van der Waals surface area contributed by atoms with Crippen LogP contribution in [0.15, 0.2) is 78.9 Å². The molecule has 2 amide bonds. The second-order valence-electron chi connectivity index (χ2n) is 10.2. The van der Waals surface area contributed by atoms with Crippen LogP contribution in [-0.4, -0.2) is 54.5 Å². The summed E-state index contributed by atoms with van der Waals surface area (Å²) >= 11 is 0. The summed E-state index contributed by atoms with van der Waals surface area (Å²) in [5, 5.41) is 0. The number of ether oxygens (including phenoxy) is 1. The highest BCUT2D eigenvalue weighted by molar-refractivity contribution is 6.10. The van der Waals surface area contributed by atoms with Gasteiger partial charge in [0.2, 0.25) is 5.91 Å². The van der Waals surface area contributed by atoms with Crippen LogP contribution >= 0.6 is 0 Å². The monoisotopic (exact) mass is 595 g/mol. The topological polar surface area (TPSA) is 110 Å². The lowest BCUT2D eigenvalue weighted by Crippen LogP contribution is -2.42. The van der Waals surface area contributed by atoms with Crippen molar-refractivity contribution < 1.29 is 37.1 Å². The van der Waals surface area contributed by atoms with Crippen LogP contribution in [0.2, 0.25) is 0 Å². The average Bonchev–Trinajstić information content (AvgIpc) is 3.09. The SMILES string of the molecule is NCCCCCc1ccc2c(c1)C(=O)N(CCC(=O)OC(=O)C(F)(F)F)CC(=O)N2C(c1ccccc1)c1ccccc1. The van der Waals surface area contributed by atoms with Gasteiger partial charge >= 0.3 is 18.1 Å². The Labute approximate surface area is 247 Å². The first-order valence-corrected chi connectivity index (χ1v) is 14.0. The van der Waals surface area contributed by atoms with Gasteiger partial charge in [-0.1, -0.05) is 73.2 Å². The van der Waals surface area contributed by atoms with Gasteiger partial charge in [-0.2, -0.15) is 13.2 Å². The molecule has 0 saturated heterocycles. The summed E-state index contributed by atoms with van der Waals surface area (Å²) in [4.78, 5) is 53.7. The van der Waals surface area contributed by atoms with Gasteiger partial charge in [-0.15, -0.1) is 0 Å². The maximum atomic E-state index is 14.0. The number of carbonyl (C=O) groups excluding carboxylic acids is 4. The van der Waals surface area contributed by atoms with Crippen LogP contribution in [-0.2, 0) is 25.5 Å². The van der Waals surface area contributed by atoms with Gasteiger partial charge in [0.05, 0.1) is 23.7 Å². The Hall–Kier alpha value is -4.51. The number of carbonyl (C=O) groups is 4. The molecule has 43 heavy (non-hydrogen) atoms. The quantitative estimate of drug-likeness (QED) is 0.191. The van der Waals surface area contributed by atoms with Gasteiger partial charge in [0.1, 0.15) is 6.54 Å². The van der Waals surface area contributed by atoms with Gasteiger partial charge in [-0.3, -0.25) is 19.3 Å². The predicted octanol–water partition coefficient (Wildman–Crippen LogP) is 4.96. The molecule has 0 bridgehead atoms. The molecule has 0 aromatic heterocycles. The van der Waals surface area contributed by atoms with E-state index < -0.39 is 55.5 Å². The Morgan fingerprint density at radius 3 is 2.09 bits per heavy atom. The number of rotatable bonds is 11. The maximum absolute atomic E-state index is 14.0. The van der Waals surface area contributed by atoms with E-state index in [0.29, 0.717) is 18.7 Å².